The lowest BCUT2D eigenvalue weighted by Gasteiger charge is -2.18. The van der Waals surface area contributed by atoms with E-state index in [-0.39, 0.29) is 5.82 Å². The second-order valence-electron chi connectivity index (χ2n) is 4.60. The first-order valence-electron chi connectivity index (χ1n) is 5.14. The van der Waals surface area contributed by atoms with E-state index >= 15 is 0 Å². The number of aromatic nitrogens is 2. The number of H-pyrrole nitrogens is 1. The van der Waals surface area contributed by atoms with Gasteiger partial charge >= 0.3 is 5.97 Å². The zero-order valence-electron chi connectivity index (χ0n) is 9.57. The van der Waals surface area contributed by atoms with E-state index in [0.29, 0.717) is 0 Å². The average Bonchev–Trinajstić information content (AvgIpc) is 2.58. The van der Waals surface area contributed by atoms with E-state index in [1.807, 2.05) is 45.0 Å². The number of para-hydroxylation sites is 2. The normalized spacial score (nSPS) is 11.7. The summed E-state index contributed by atoms with van der Waals surface area (Å²) in [6.07, 6.45) is 0. The lowest BCUT2D eigenvalue weighted by molar-refractivity contribution is 0.00572. The fraction of sp³-hybridized carbons (Fsp3) is 0.333. The molecule has 0 aliphatic heterocycles. The molecule has 0 amide bonds. The Balaban J connectivity index is 2.30. The number of ether oxygens (including phenoxy) is 1. The van der Waals surface area contributed by atoms with Crippen LogP contribution in [0.4, 0.5) is 0 Å². The molecular formula is C12H14N2O2. The summed E-state index contributed by atoms with van der Waals surface area (Å²) in [6, 6.07) is 7.48. The predicted molar refractivity (Wildman–Crippen MR) is 61.3 cm³/mol. The molecule has 2 rings (SSSR count). The monoisotopic (exact) mass is 218 g/mol. The second-order valence-corrected chi connectivity index (χ2v) is 4.60. The van der Waals surface area contributed by atoms with Crippen molar-refractivity contribution >= 4 is 17.0 Å². The quantitative estimate of drug-likeness (QED) is 0.748. The van der Waals surface area contributed by atoms with Crippen molar-refractivity contribution in [3.63, 3.8) is 0 Å². The number of imidazole rings is 1. The Morgan fingerprint density at radius 3 is 2.62 bits per heavy atom. The third-order valence-electron chi connectivity index (χ3n) is 1.98. The van der Waals surface area contributed by atoms with E-state index in [4.69, 9.17) is 4.74 Å². The van der Waals surface area contributed by atoms with Crippen molar-refractivity contribution in [2.45, 2.75) is 26.4 Å². The number of nitrogens with zero attached hydrogens (tertiary/aromatic N) is 1. The Morgan fingerprint density at radius 1 is 1.31 bits per heavy atom. The van der Waals surface area contributed by atoms with Crippen LogP contribution < -0.4 is 0 Å². The van der Waals surface area contributed by atoms with Crippen molar-refractivity contribution in [1.82, 2.24) is 9.97 Å². The molecule has 1 aromatic heterocycles. The van der Waals surface area contributed by atoms with Crippen LogP contribution in [-0.2, 0) is 4.74 Å². The lowest BCUT2D eigenvalue weighted by Crippen LogP contribution is -2.24. The maximum absolute atomic E-state index is 11.7. The first-order valence-corrected chi connectivity index (χ1v) is 5.14. The summed E-state index contributed by atoms with van der Waals surface area (Å²) in [5.41, 5.74) is 1.10. The fourth-order valence-electron chi connectivity index (χ4n) is 1.38. The summed E-state index contributed by atoms with van der Waals surface area (Å²) in [5.74, 6) is -0.181. The van der Waals surface area contributed by atoms with Crippen LogP contribution in [0.15, 0.2) is 24.3 Å². The van der Waals surface area contributed by atoms with Gasteiger partial charge in [-0.3, -0.25) is 0 Å². The Hall–Kier alpha value is -1.84. The number of esters is 1. The van der Waals surface area contributed by atoms with Gasteiger partial charge in [-0.1, -0.05) is 12.1 Å². The molecule has 0 fully saturated rings. The number of benzene rings is 1. The van der Waals surface area contributed by atoms with Gasteiger partial charge in [0.05, 0.1) is 11.0 Å². The Bertz CT molecular complexity index is 490. The van der Waals surface area contributed by atoms with E-state index in [1.165, 1.54) is 0 Å². The molecule has 16 heavy (non-hydrogen) atoms. The standard InChI is InChI=1S/C12H14N2O2/c1-12(2,3)16-11(15)10-13-8-6-4-5-7-9(8)14-10/h4-7H,1-3H3,(H,13,14). The van der Waals surface area contributed by atoms with Gasteiger partial charge in [-0.25, -0.2) is 9.78 Å². The summed E-state index contributed by atoms with van der Waals surface area (Å²) in [6.45, 7) is 5.48. The molecule has 1 N–H and O–H groups in total. The van der Waals surface area contributed by atoms with Crippen LogP contribution in [0.25, 0.3) is 11.0 Å². The third-order valence-corrected chi connectivity index (χ3v) is 1.98. The van der Waals surface area contributed by atoms with Crippen molar-refractivity contribution in [3.8, 4) is 0 Å². The van der Waals surface area contributed by atoms with E-state index in [1.54, 1.807) is 0 Å². The molecule has 84 valence electrons. The van der Waals surface area contributed by atoms with E-state index in [0.717, 1.165) is 11.0 Å². The fourth-order valence-corrected chi connectivity index (χ4v) is 1.38. The summed E-state index contributed by atoms with van der Waals surface area (Å²) < 4.78 is 5.22. The van der Waals surface area contributed by atoms with Crippen LogP contribution in [0.5, 0.6) is 0 Å². The Morgan fingerprint density at radius 2 is 2.00 bits per heavy atom. The number of nitrogens with one attached hydrogen (secondary N) is 1. The Kier molecular flexibility index (Phi) is 2.42. The first-order chi connectivity index (χ1) is 7.46. The van der Waals surface area contributed by atoms with Crippen molar-refractivity contribution in [2.75, 3.05) is 0 Å². The van der Waals surface area contributed by atoms with Crippen LogP contribution in [0, 0.1) is 0 Å². The highest BCUT2D eigenvalue weighted by atomic mass is 16.6. The molecule has 0 radical (unpaired) electrons. The number of rotatable bonds is 1. The zero-order valence-corrected chi connectivity index (χ0v) is 9.57. The summed E-state index contributed by atoms with van der Waals surface area (Å²) in [4.78, 5) is 18.8. The largest absolute Gasteiger partial charge is 0.454 e. The summed E-state index contributed by atoms with van der Waals surface area (Å²) >= 11 is 0. The SMILES string of the molecule is CC(C)(C)OC(=O)c1nc2ccccc2[nH]1. The van der Waals surface area contributed by atoms with E-state index in [2.05, 4.69) is 9.97 Å². The minimum Gasteiger partial charge on any atom is -0.454 e. The molecule has 0 bridgehead atoms. The maximum Gasteiger partial charge on any atom is 0.374 e. The lowest BCUT2D eigenvalue weighted by atomic mass is 10.2. The first kappa shape index (κ1) is 10.7. The molecule has 0 aliphatic carbocycles. The van der Waals surface area contributed by atoms with Crippen LogP contribution in [0.3, 0.4) is 0 Å². The number of carbonyl (C=O) groups is 1. The molecule has 4 nitrogen and oxygen atoms in total. The van der Waals surface area contributed by atoms with Gasteiger partial charge in [0.1, 0.15) is 5.60 Å². The smallest absolute Gasteiger partial charge is 0.374 e. The molecule has 1 heterocycles. The highest BCUT2D eigenvalue weighted by Crippen LogP contribution is 2.14. The minimum atomic E-state index is -0.504. The number of fused-ring (bicyclic) bond motifs is 1. The molecule has 0 saturated carbocycles. The maximum atomic E-state index is 11.7. The zero-order chi connectivity index (χ0) is 11.8. The highest BCUT2D eigenvalue weighted by molar-refractivity contribution is 5.90. The van der Waals surface area contributed by atoms with Gasteiger partial charge < -0.3 is 9.72 Å². The molecule has 0 unspecified atom stereocenters. The van der Waals surface area contributed by atoms with Crippen LogP contribution >= 0.6 is 0 Å². The molecular weight excluding hydrogens is 204 g/mol. The predicted octanol–water partition coefficient (Wildman–Crippen LogP) is 2.52. The molecule has 0 spiro atoms. The molecule has 4 heteroatoms. The van der Waals surface area contributed by atoms with Gasteiger partial charge in [0.2, 0.25) is 5.82 Å². The molecule has 1 aromatic carbocycles. The van der Waals surface area contributed by atoms with Gasteiger partial charge in [0.15, 0.2) is 0 Å². The van der Waals surface area contributed by atoms with E-state index < -0.39 is 11.6 Å². The van der Waals surface area contributed by atoms with Gasteiger partial charge in [-0.2, -0.15) is 0 Å². The van der Waals surface area contributed by atoms with Crippen molar-refractivity contribution in [1.29, 1.82) is 0 Å². The molecule has 0 aliphatic rings. The molecule has 2 aromatic rings. The van der Waals surface area contributed by atoms with Crippen LogP contribution in [0.1, 0.15) is 31.4 Å². The summed E-state index contributed by atoms with van der Waals surface area (Å²) in [5, 5.41) is 0. The number of aromatic amines is 1. The molecule has 0 atom stereocenters. The topological polar surface area (TPSA) is 55.0 Å². The van der Waals surface area contributed by atoms with Gasteiger partial charge in [0, 0.05) is 0 Å². The van der Waals surface area contributed by atoms with Crippen molar-refractivity contribution < 1.29 is 9.53 Å². The van der Waals surface area contributed by atoms with Gasteiger partial charge in [0.25, 0.3) is 0 Å². The molecule has 0 saturated heterocycles. The number of carbonyl (C=O) groups excluding carboxylic acids is 1. The highest BCUT2D eigenvalue weighted by Gasteiger charge is 2.20. The van der Waals surface area contributed by atoms with Crippen LogP contribution in [-0.4, -0.2) is 21.5 Å². The Labute approximate surface area is 93.6 Å². The van der Waals surface area contributed by atoms with Gasteiger partial charge in [-0.15, -0.1) is 0 Å². The van der Waals surface area contributed by atoms with Crippen molar-refractivity contribution in [3.05, 3.63) is 30.1 Å². The second kappa shape index (κ2) is 3.63. The third kappa shape index (κ3) is 2.21. The van der Waals surface area contributed by atoms with Crippen molar-refractivity contribution in [2.24, 2.45) is 0 Å². The number of hydrogen-bond acceptors (Lipinski definition) is 3. The van der Waals surface area contributed by atoms with Gasteiger partial charge in [-0.05, 0) is 32.9 Å². The summed E-state index contributed by atoms with van der Waals surface area (Å²) in [7, 11) is 0. The van der Waals surface area contributed by atoms with Crippen LogP contribution in [0.2, 0.25) is 0 Å². The minimum absolute atomic E-state index is 0.246. The average molecular weight is 218 g/mol. The number of hydrogen-bond donors (Lipinski definition) is 1. The van der Waals surface area contributed by atoms with E-state index in [9.17, 15) is 4.79 Å².